The number of anilines is 2. The molecule has 0 fully saturated rings. The van der Waals surface area contributed by atoms with Crippen LogP contribution in [0, 0.1) is 0 Å². The first kappa shape index (κ1) is 8.69. The van der Waals surface area contributed by atoms with Crippen LogP contribution < -0.4 is 5.12 Å². The Morgan fingerprint density at radius 2 is 1.64 bits per heavy atom. The summed E-state index contributed by atoms with van der Waals surface area (Å²) in [5, 5.41) is 0.556. The summed E-state index contributed by atoms with van der Waals surface area (Å²) >= 11 is 0. The average Bonchev–Trinajstić information content (AvgIpc) is 2.30. The van der Waals surface area contributed by atoms with Gasteiger partial charge in [0.2, 0.25) is 0 Å². The van der Waals surface area contributed by atoms with E-state index in [1.54, 1.807) is 48.7 Å². The van der Waals surface area contributed by atoms with E-state index in [9.17, 15) is 4.48 Å². The van der Waals surface area contributed by atoms with E-state index in [4.69, 9.17) is 0 Å². The molecule has 1 aromatic heterocycles. The van der Waals surface area contributed by atoms with Gasteiger partial charge in [0.05, 0.1) is 5.69 Å². The van der Waals surface area contributed by atoms with E-state index in [0.29, 0.717) is 16.6 Å². The molecule has 0 amide bonds. The van der Waals surface area contributed by atoms with E-state index in [2.05, 4.69) is 4.98 Å². The van der Waals surface area contributed by atoms with Gasteiger partial charge >= 0.3 is 0 Å². The van der Waals surface area contributed by atoms with Gasteiger partial charge in [-0.1, -0.05) is 28.7 Å². The second kappa shape index (κ2) is 3.87. The number of para-hydroxylation sites is 1. The molecule has 70 valence electrons. The van der Waals surface area contributed by atoms with Crippen molar-refractivity contribution in [3.8, 4) is 0 Å². The minimum atomic E-state index is 0.290. The van der Waals surface area contributed by atoms with Crippen molar-refractivity contribution in [3.63, 3.8) is 0 Å². The minimum Gasteiger partial charge on any atom is -0.237 e. The van der Waals surface area contributed by atoms with Gasteiger partial charge in [-0.3, -0.25) is 0 Å². The number of hydrogen-bond donors (Lipinski definition) is 0. The maximum Gasteiger partial charge on any atom is 0.163 e. The molecule has 0 saturated heterocycles. The van der Waals surface area contributed by atoms with Gasteiger partial charge in [0.25, 0.3) is 0 Å². The van der Waals surface area contributed by atoms with E-state index in [0.717, 1.165) is 0 Å². The Labute approximate surface area is 81.6 Å². The molecule has 0 radical (unpaired) electrons. The summed E-state index contributed by atoms with van der Waals surface area (Å²) in [7, 11) is 0. The van der Waals surface area contributed by atoms with Gasteiger partial charge in [-0.25, -0.2) is 4.98 Å². The van der Waals surface area contributed by atoms with Crippen molar-refractivity contribution in [2.75, 3.05) is 5.12 Å². The van der Waals surface area contributed by atoms with Crippen LogP contribution in [0.4, 0.5) is 16.0 Å². The molecule has 3 heteroatoms. The largest absolute Gasteiger partial charge is 0.237 e. The van der Waals surface area contributed by atoms with E-state index >= 15 is 0 Å². The van der Waals surface area contributed by atoms with Crippen molar-refractivity contribution in [3.05, 3.63) is 54.7 Å². The smallest absolute Gasteiger partial charge is 0.163 e. The lowest BCUT2D eigenvalue weighted by Crippen LogP contribution is -2.04. The Balaban J connectivity index is 2.30. The second-order valence-corrected chi connectivity index (χ2v) is 2.80. The third-order valence-corrected chi connectivity index (χ3v) is 1.83. The summed E-state index contributed by atoms with van der Waals surface area (Å²) < 4.78 is 13.6. The number of nitrogens with zero attached hydrogens (tertiary/aromatic N) is 2. The number of benzene rings is 1. The molecular weight excluding hydrogens is 179 g/mol. The summed E-state index contributed by atoms with van der Waals surface area (Å²) in [4.78, 5) is 3.91. The molecular formula is C11H9FN2. The van der Waals surface area contributed by atoms with Crippen LogP contribution in [0.5, 0.6) is 0 Å². The van der Waals surface area contributed by atoms with Crippen LogP contribution in [-0.2, 0) is 0 Å². The Hall–Kier alpha value is -1.90. The molecule has 2 aromatic rings. The molecule has 0 spiro atoms. The van der Waals surface area contributed by atoms with Gasteiger partial charge in [-0.05, 0) is 24.3 Å². The van der Waals surface area contributed by atoms with Gasteiger partial charge < -0.3 is 0 Å². The third-order valence-electron chi connectivity index (χ3n) is 1.83. The maximum absolute atomic E-state index is 13.6. The lowest BCUT2D eigenvalue weighted by Gasteiger charge is -2.11. The molecule has 2 nitrogen and oxygen atoms in total. The lowest BCUT2D eigenvalue weighted by molar-refractivity contribution is 0.499. The molecule has 0 aliphatic carbocycles. The second-order valence-electron chi connectivity index (χ2n) is 2.80. The maximum atomic E-state index is 13.6. The monoisotopic (exact) mass is 188 g/mol. The van der Waals surface area contributed by atoms with Crippen molar-refractivity contribution in [2.45, 2.75) is 0 Å². The fourth-order valence-electron chi connectivity index (χ4n) is 1.16. The number of halogens is 1. The van der Waals surface area contributed by atoms with Crippen LogP contribution in [0.3, 0.4) is 0 Å². The minimum absolute atomic E-state index is 0.290. The molecule has 0 saturated carbocycles. The highest BCUT2D eigenvalue weighted by Crippen LogP contribution is 2.22. The summed E-state index contributed by atoms with van der Waals surface area (Å²) in [6.07, 6.45) is 1.56. The Kier molecular flexibility index (Phi) is 2.40. The van der Waals surface area contributed by atoms with Crippen LogP contribution >= 0.6 is 0 Å². The third kappa shape index (κ3) is 1.71. The van der Waals surface area contributed by atoms with Crippen molar-refractivity contribution in [1.82, 2.24) is 4.98 Å². The van der Waals surface area contributed by atoms with E-state index in [1.165, 1.54) is 0 Å². The van der Waals surface area contributed by atoms with Crippen LogP contribution in [0.15, 0.2) is 54.7 Å². The molecule has 0 atom stereocenters. The number of pyridine rings is 1. The molecule has 0 bridgehead atoms. The molecule has 14 heavy (non-hydrogen) atoms. The van der Waals surface area contributed by atoms with E-state index in [-0.39, 0.29) is 0 Å². The number of rotatable bonds is 2. The first-order valence-corrected chi connectivity index (χ1v) is 4.30. The predicted octanol–water partition coefficient (Wildman–Crippen LogP) is 3.10. The van der Waals surface area contributed by atoms with Crippen molar-refractivity contribution >= 4 is 11.5 Å². The number of hydrogen-bond acceptors (Lipinski definition) is 2. The highest BCUT2D eigenvalue weighted by atomic mass is 19.2. The lowest BCUT2D eigenvalue weighted by atomic mass is 10.3. The molecule has 1 aromatic carbocycles. The highest BCUT2D eigenvalue weighted by molar-refractivity contribution is 5.55. The topological polar surface area (TPSA) is 16.1 Å². The van der Waals surface area contributed by atoms with Gasteiger partial charge in [0.1, 0.15) is 0 Å². The van der Waals surface area contributed by atoms with E-state index < -0.39 is 0 Å². The molecule has 0 aliphatic rings. The van der Waals surface area contributed by atoms with Crippen molar-refractivity contribution in [2.24, 2.45) is 0 Å². The van der Waals surface area contributed by atoms with Crippen molar-refractivity contribution in [1.29, 1.82) is 0 Å². The Morgan fingerprint density at radius 3 is 2.29 bits per heavy atom. The van der Waals surface area contributed by atoms with Crippen LogP contribution in [0.1, 0.15) is 0 Å². The summed E-state index contributed by atoms with van der Waals surface area (Å²) in [6.45, 7) is 0. The van der Waals surface area contributed by atoms with Gasteiger partial charge in [0.15, 0.2) is 5.82 Å². The van der Waals surface area contributed by atoms with E-state index in [1.807, 2.05) is 6.07 Å². The normalized spacial score (nSPS) is 9.79. The first-order valence-electron chi connectivity index (χ1n) is 4.30. The predicted molar refractivity (Wildman–Crippen MR) is 53.9 cm³/mol. The summed E-state index contributed by atoms with van der Waals surface area (Å²) in [6, 6.07) is 13.9. The fourth-order valence-corrected chi connectivity index (χ4v) is 1.16. The first-order chi connectivity index (χ1) is 6.88. The number of aromatic nitrogens is 1. The SMILES string of the molecule is FN(c1ccccc1)c1ccccn1. The van der Waals surface area contributed by atoms with Gasteiger partial charge in [-0.15, -0.1) is 0 Å². The standard InChI is InChI=1S/C11H9FN2/c12-14(10-6-2-1-3-7-10)11-8-4-5-9-13-11/h1-9H. The average molecular weight is 188 g/mol. The quantitative estimate of drug-likeness (QED) is 0.673. The van der Waals surface area contributed by atoms with Crippen LogP contribution in [-0.4, -0.2) is 4.98 Å². The summed E-state index contributed by atoms with van der Waals surface area (Å²) in [5.74, 6) is 0.290. The van der Waals surface area contributed by atoms with Crippen LogP contribution in [0.2, 0.25) is 0 Å². The zero-order chi connectivity index (χ0) is 9.80. The Morgan fingerprint density at radius 1 is 0.929 bits per heavy atom. The fraction of sp³-hybridized carbons (Fsp3) is 0. The van der Waals surface area contributed by atoms with Crippen LogP contribution in [0.25, 0.3) is 0 Å². The molecule has 2 rings (SSSR count). The molecule has 1 heterocycles. The molecule has 0 unspecified atom stereocenters. The Bertz CT molecular complexity index is 349. The highest BCUT2D eigenvalue weighted by Gasteiger charge is 2.06. The zero-order valence-electron chi connectivity index (χ0n) is 7.47. The summed E-state index contributed by atoms with van der Waals surface area (Å²) in [5.41, 5.74) is 0.478. The van der Waals surface area contributed by atoms with Gasteiger partial charge in [-0.2, -0.15) is 5.12 Å². The van der Waals surface area contributed by atoms with Gasteiger partial charge in [0, 0.05) is 6.20 Å². The molecule has 0 aliphatic heterocycles. The molecule has 0 N–H and O–H groups in total. The zero-order valence-corrected chi connectivity index (χ0v) is 7.47. The van der Waals surface area contributed by atoms with Crippen molar-refractivity contribution < 1.29 is 4.48 Å².